The Bertz CT molecular complexity index is 1440. The average molecular weight is 529 g/mol. The van der Waals surface area contributed by atoms with Crippen LogP contribution in [0, 0.1) is 5.92 Å². The van der Waals surface area contributed by atoms with Crippen LogP contribution in [-0.4, -0.2) is 5.71 Å². The Balaban J connectivity index is 1.65. The molecule has 4 aromatic rings. The molecule has 1 aromatic heterocycles. The van der Waals surface area contributed by atoms with Crippen LogP contribution >= 0.6 is 33.9 Å². The third-order valence-corrected chi connectivity index (χ3v) is 8.16. The lowest BCUT2D eigenvalue weighted by molar-refractivity contribution is 0.804. The first kappa shape index (κ1) is 19.2. The maximum Gasteiger partial charge on any atom is 0.0750 e. The fourth-order valence-electron chi connectivity index (χ4n) is 4.65. The van der Waals surface area contributed by atoms with E-state index in [-0.39, 0.29) is 0 Å². The second kappa shape index (κ2) is 7.88. The maximum absolute atomic E-state index is 5.30. The highest BCUT2D eigenvalue weighted by molar-refractivity contribution is 14.1. The Kier molecular flexibility index (Phi) is 4.88. The van der Waals surface area contributed by atoms with E-state index in [2.05, 4.69) is 114 Å². The van der Waals surface area contributed by atoms with E-state index in [9.17, 15) is 0 Å². The lowest BCUT2D eigenvalue weighted by Crippen LogP contribution is -2.17. The van der Waals surface area contributed by atoms with Crippen molar-refractivity contribution in [1.29, 1.82) is 0 Å². The summed E-state index contributed by atoms with van der Waals surface area (Å²) in [5.41, 5.74) is 7.48. The van der Waals surface area contributed by atoms with Gasteiger partial charge in [0.2, 0.25) is 0 Å². The number of hydrogen-bond acceptors (Lipinski definition) is 2. The minimum absolute atomic E-state index is 0.373. The van der Waals surface area contributed by atoms with Gasteiger partial charge in [0.25, 0.3) is 0 Å². The molecule has 0 N–H and O–H groups in total. The van der Waals surface area contributed by atoms with Crippen molar-refractivity contribution in [3.63, 3.8) is 0 Å². The van der Waals surface area contributed by atoms with Crippen molar-refractivity contribution in [2.45, 2.75) is 10.8 Å². The van der Waals surface area contributed by atoms with Crippen LogP contribution in [0.4, 0.5) is 0 Å². The molecule has 0 amide bonds. The Hall–Kier alpha value is -2.50. The second-order valence-corrected chi connectivity index (χ2v) is 9.87. The normalized spacial score (nSPS) is 18.0. The van der Waals surface area contributed by atoms with Gasteiger partial charge in [-0.2, -0.15) is 0 Å². The van der Waals surface area contributed by atoms with Crippen LogP contribution in [-0.2, 0) is 4.43 Å². The van der Waals surface area contributed by atoms with Crippen LogP contribution < -0.4 is 0 Å². The van der Waals surface area contributed by atoms with E-state index in [1.807, 2.05) is 11.3 Å². The molecule has 31 heavy (non-hydrogen) atoms. The van der Waals surface area contributed by atoms with Crippen molar-refractivity contribution in [2.75, 3.05) is 0 Å². The Labute approximate surface area is 199 Å². The zero-order chi connectivity index (χ0) is 20.8. The monoisotopic (exact) mass is 529 g/mol. The summed E-state index contributed by atoms with van der Waals surface area (Å²) in [4.78, 5) is 5.30. The molecule has 150 valence electrons. The predicted octanol–water partition coefficient (Wildman–Crippen LogP) is 8.34. The van der Waals surface area contributed by atoms with E-state index in [0.29, 0.717) is 5.92 Å². The minimum atomic E-state index is 0.373. The van der Waals surface area contributed by atoms with Crippen molar-refractivity contribution in [3.8, 4) is 0 Å². The Morgan fingerprint density at radius 2 is 1.84 bits per heavy atom. The van der Waals surface area contributed by atoms with Gasteiger partial charge >= 0.3 is 0 Å². The zero-order valence-corrected chi connectivity index (χ0v) is 19.9. The van der Waals surface area contributed by atoms with Crippen LogP contribution in [0.1, 0.15) is 23.1 Å². The summed E-state index contributed by atoms with van der Waals surface area (Å²) in [5.74, 6) is 0.373. The van der Waals surface area contributed by atoms with E-state index in [4.69, 9.17) is 4.99 Å². The van der Waals surface area contributed by atoms with Crippen molar-refractivity contribution >= 4 is 65.5 Å². The number of alkyl halides is 1. The molecule has 1 nitrogen and oxygen atoms in total. The van der Waals surface area contributed by atoms with E-state index in [0.717, 1.165) is 16.5 Å². The molecule has 1 aliphatic carbocycles. The van der Waals surface area contributed by atoms with Crippen LogP contribution in [0.5, 0.6) is 0 Å². The molecule has 0 spiro atoms. The van der Waals surface area contributed by atoms with Crippen molar-refractivity contribution in [1.82, 2.24) is 0 Å². The molecule has 3 heteroatoms. The lowest BCUT2D eigenvalue weighted by Gasteiger charge is -2.26. The van der Waals surface area contributed by atoms with Crippen LogP contribution in [0.25, 0.3) is 25.9 Å². The first-order valence-electron chi connectivity index (χ1n) is 10.5. The van der Waals surface area contributed by atoms with Gasteiger partial charge < -0.3 is 0 Å². The number of rotatable bonds is 3. The van der Waals surface area contributed by atoms with Gasteiger partial charge in [-0.05, 0) is 34.9 Å². The number of nitrogens with zero attached hydrogens (tertiary/aromatic N) is 1. The molecule has 1 aliphatic heterocycles. The molecule has 0 saturated carbocycles. The number of aliphatic imine (C=N–C) groups is 1. The number of thiophene rings is 1. The molecule has 0 saturated heterocycles. The highest BCUT2D eigenvalue weighted by Crippen LogP contribution is 2.43. The van der Waals surface area contributed by atoms with Crippen molar-refractivity contribution in [2.24, 2.45) is 10.9 Å². The van der Waals surface area contributed by atoms with Gasteiger partial charge in [-0.25, -0.2) is 0 Å². The number of allylic oxidation sites excluding steroid dienone is 5. The van der Waals surface area contributed by atoms with Crippen molar-refractivity contribution < 1.29 is 0 Å². The van der Waals surface area contributed by atoms with Gasteiger partial charge in [0.15, 0.2) is 0 Å². The van der Waals surface area contributed by atoms with Gasteiger partial charge in [-0.3, -0.25) is 4.99 Å². The van der Waals surface area contributed by atoms with Gasteiger partial charge in [0.1, 0.15) is 0 Å². The molecule has 3 aromatic carbocycles. The minimum Gasteiger partial charge on any atom is -0.252 e. The van der Waals surface area contributed by atoms with Crippen LogP contribution in [0.3, 0.4) is 0 Å². The molecular weight excluding hydrogens is 509 g/mol. The summed E-state index contributed by atoms with van der Waals surface area (Å²) < 4.78 is 3.70. The van der Waals surface area contributed by atoms with Crippen LogP contribution in [0.15, 0.2) is 102 Å². The maximum atomic E-state index is 5.30. The number of benzene rings is 3. The third-order valence-electron chi connectivity index (χ3n) is 6.14. The van der Waals surface area contributed by atoms with Gasteiger partial charge in [-0.15, -0.1) is 11.3 Å². The highest BCUT2D eigenvalue weighted by atomic mass is 127. The fraction of sp³-hybridized carbons (Fsp3) is 0.107. The molecule has 6 rings (SSSR count). The summed E-state index contributed by atoms with van der Waals surface area (Å²) >= 11 is 4.33. The predicted molar refractivity (Wildman–Crippen MR) is 143 cm³/mol. The summed E-state index contributed by atoms with van der Waals surface area (Å²) in [6, 6.07) is 24.2. The highest BCUT2D eigenvalue weighted by Gasteiger charge is 2.26. The van der Waals surface area contributed by atoms with E-state index in [1.54, 1.807) is 0 Å². The molecule has 0 radical (unpaired) electrons. The SMILES string of the molecule is ICc1ccc2sc3cccc(C4=C5C=CC=CC5CC(c5ccccc5)=N4)c3c2c1. The second-order valence-electron chi connectivity index (χ2n) is 8.03. The average Bonchev–Trinajstić information content (AvgIpc) is 3.22. The summed E-state index contributed by atoms with van der Waals surface area (Å²) in [5, 5.41) is 2.70. The summed E-state index contributed by atoms with van der Waals surface area (Å²) in [7, 11) is 0. The lowest BCUT2D eigenvalue weighted by atomic mass is 9.82. The quantitative estimate of drug-likeness (QED) is 0.187. The molecule has 2 heterocycles. The number of halogens is 1. The molecule has 1 atom stereocenters. The topological polar surface area (TPSA) is 12.4 Å². The molecule has 0 fully saturated rings. The standard InChI is InChI=1S/C28H20INS/c29-17-18-13-14-25-23(15-18)27-22(11-6-12-26(27)31-25)28-21-10-5-4-9-20(21)16-24(30-28)19-7-2-1-3-8-19/h1-15,20H,16-17H2. The summed E-state index contributed by atoms with van der Waals surface area (Å²) in [6.45, 7) is 0. The fourth-order valence-corrected chi connectivity index (χ4v) is 6.24. The largest absolute Gasteiger partial charge is 0.252 e. The third kappa shape index (κ3) is 3.31. The molecule has 1 unspecified atom stereocenters. The molecule has 0 bridgehead atoms. The van der Waals surface area contributed by atoms with E-state index < -0.39 is 0 Å². The van der Waals surface area contributed by atoms with Gasteiger partial charge in [0, 0.05) is 48.2 Å². The van der Waals surface area contributed by atoms with E-state index in [1.165, 1.54) is 48.1 Å². The zero-order valence-electron chi connectivity index (χ0n) is 16.9. The molecule has 2 aliphatic rings. The first-order valence-corrected chi connectivity index (χ1v) is 12.9. The molecular formula is C28H20INS. The Morgan fingerprint density at radius 3 is 2.71 bits per heavy atom. The van der Waals surface area contributed by atoms with Crippen LogP contribution in [0.2, 0.25) is 0 Å². The van der Waals surface area contributed by atoms with Crippen molar-refractivity contribution in [3.05, 3.63) is 113 Å². The first-order chi connectivity index (χ1) is 15.3. The van der Waals surface area contributed by atoms with Gasteiger partial charge in [0.05, 0.1) is 5.70 Å². The van der Waals surface area contributed by atoms with E-state index >= 15 is 0 Å². The smallest absolute Gasteiger partial charge is 0.0750 e. The number of fused-ring (bicyclic) bond motifs is 4. The Morgan fingerprint density at radius 1 is 0.935 bits per heavy atom. The van der Waals surface area contributed by atoms with Gasteiger partial charge in [-0.1, -0.05) is 95.4 Å². The number of hydrogen-bond donors (Lipinski definition) is 0. The summed E-state index contributed by atoms with van der Waals surface area (Å²) in [6.07, 6.45) is 9.85.